The molecule has 1 aromatic rings. The van der Waals surface area contributed by atoms with Gasteiger partial charge < -0.3 is 10.4 Å². The van der Waals surface area contributed by atoms with E-state index in [1.54, 1.807) is 0 Å². The Morgan fingerprint density at radius 2 is 2.06 bits per heavy atom. The molecule has 0 radical (unpaired) electrons. The summed E-state index contributed by atoms with van der Waals surface area (Å²) in [6.45, 7) is 4.21. The summed E-state index contributed by atoms with van der Waals surface area (Å²) in [5.74, 6) is -0.888. The van der Waals surface area contributed by atoms with Gasteiger partial charge in [-0.1, -0.05) is 0 Å². The van der Waals surface area contributed by atoms with Crippen LogP contribution in [0.25, 0.3) is 0 Å². The molecule has 2 N–H and O–H groups in total. The molecule has 0 saturated carbocycles. The highest BCUT2D eigenvalue weighted by molar-refractivity contribution is 5.93. The first kappa shape index (κ1) is 11.3. The maximum Gasteiger partial charge on any atom is 0.338 e. The van der Waals surface area contributed by atoms with E-state index >= 15 is 0 Å². The molecule has 0 aromatic carbocycles. The normalized spacial score (nSPS) is 18.0. The lowest BCUT2D eigenvalue weighted by Gasteiger charge is -2.16. The molecule has 0 bridgehead atoms. The summed E-state index contributed by atoms with van der Waals surface area (Å²) in [7, 11) is 0. The second-order valence-electron chi connectivity index (χ2n) is 4.48. The molecular weight excluding hydrogens is 224 g/mol. The van der Waals surface area contributed by atoms with Crippen LogP contribution in [0.3, 0.4) is 0 Å². The van der Waals surface area contributed by atoms with E-state index in [0.717, 1.165) is 0 Å². The van der Waals surface area contributed by atoms with E-state index in [1.807, 2.05) is 13.8 Å². The highest BCUT2D eigenvalue weighted by atomic mass is 16.4. The Kier molecular flexibility index (Phi) is 2.45. The predicted molar refractivity (Wildman–Crippen MR) is 58.9 cm³/mol. The molecule has 0 spiro atoms. The molecule has 17 heavy (non-hydrogen) atoms. The third-order valence-electron chi connectivity index (χ3n) is 2.37. The molecule has 0 unspecified atom stereocenters. The fourth-order valence-corrected chi connectivity index (χ4v) is 1.60. The summed E-state index contributed by atoms with van der Waals surface area (Å²) in [4.78, 5) is 31.4. The van der Waals surface area contributed by atoms with E-state index in [4.69, 9.17) is 5.11 Å². The van der Waals surface area contributed by atoms with Gasteiger partial charge >= 0.3 is 12.0 Å². The van der Waals surface area contributed by atoms with Gasteiger partial charge in [0.1, 0.15) is 0 Å². The van der Waals surface area contributed by atoms with Gasteiger partial charge in [0.15, 0.2) is 0 Å². The number of nitrogens with one attached hydrogen (secondary N) is 1. The second kappa shape index (κ2) is 3.69. The number of hydrogen-bond acceptors (Lipinski definition) is 4. The zero-order valence-electron chi connectivity index (χ0n) is 9.47. The van der Waals surface area contributed by atoms with E-state index < -0.39 is 5.97 Å². The van der Waals surface area contributed by atoms with Gasteiger partial charge in [-0.05, 0) is 13.8 Å². The summed E-state index contributed by atoms with van der Waals surface area (Å²) in [5.41, 5.74) is -0.348. The molecule has 0 atom stereocenters. The van der Waals surface area contributed by atoms with Crippen LogP contribution in [0, 0.1) is 0 Å². The van der Waals surface area contributed by atoms with Crippen LogP contribution in [-0.2, 0) is 0 Å². The Balaban J connectivity index is 2.24. The van der Waals surface area contributed by atoms with Crippen molar-refractivity contribution >= 4 is 17.9 Å². The van der Waals surface area contributed by atoms with Crippen LogP contribution >= 0.6 is 0 Å². The number of hydrogen-bond donors (Lipinski definition) is 2. The molecule has 2 amide bonds. The van der Waals surface area contributed by atoms with Crippen LogP contribution in [-0.4, -0.2) is 39.2 Å². The Bertz CT molecular complexity index is 469. The second-order valence-corrected chi connectivity index (χ2v) is 4.48. The summed E-state index contributed by atoms with van der Waals surface area (Å²) in [5, 5.41) is 11.5. The number of urea groups is 1. The fraction of sp³-hybridized carbons (Fsp3) is 0.400. The fourth-order valence-electron chi connectivity index (χ4n) is 1.60. The van der Waals surface area contributed by atoms with Crippen molar-refractivity contribution in [1.29, 1.82) is 0 Å². The standard InChI is InChI=1S/C10H12N4O3/c1-10(2)5-14(9(17)13-10)8-11-3-6(4-12-8)7(15)16/h3-4H,5H2,1-2H3,(H,13,17)(H,15,16). The zero-order chi connectivity index (χ0) is 12.6. The van der Waals surface area contributed by atoms with E-state index in [0.29, 0.717) is 6.54 Å². The first-order chi connectivity index (χ1) is 7.89. The molecular formula is C10H12N4O3. The maximum atomic E-state index is 11.6. The Morgan fingerprint density at radius 3 is 2.47 bits per heavy atom. The largest absolute Gasteiger partial charge is 0.478 e. The molecule has 0 aliphatic carbocycles. The number of carbonyl (C=O) groups is 2. The van der Waals surface area contributed by atoms with E-state index in [2.05, 4.69) is 15.3 Å². The van der Waals surface area contributed by atoms with Crippen molar-refractivity contribution < 1.29 is 14.7 Å². The van der Waals surface area contributed by atoms with Crippen molar-refractivity contribution in [2.75, 3.05) is 11.4 Å². The molecule has 1 saturated heterocycles. The molecule has 2 heterocycles. The Morgan fingerprint density at radius 1 is 1.47 bits per heavy atom. The lowest BCUT2D eigenvalue weighted by atomic mass is 10.1. The number of anilines is 1. The minimum atomic E-state index is -1.09. The van der Waals surface area contributed by atoms with E-state index in [-0.39, 0.29) is 23.1 Å². The maximum absolute atomic E-state index is 11.6. The lowest BCUT2D eigenvalue weighted by Crippen LogP contribution is -2.36. The number of carboxylic acids is 1. The number of aromatic nitrogens is 2. The van der Waals surface area contributed by atoms with Crippen molar-refractivity contribution in [3.05, 3.63) is 18.0 Å². The zero-order valence-corrected chi connectivity index (χ0v) is 9.47. The number of amides is 2. The highest BCUT2D eigenvalue weighted by Gasteiger charge is 2.36. The molecule has 1 aromatic heterocycles. The number of carboxylic acid groups (broad SMARTS) is 1. The molecule has 1 aliphatic heterocycles. The van der Waals surface area contributed by atoms with Gasteiger partial charge in [0, 0.05) is 12.4 Å². The van der Waals surface area contributed by atoms with Crippen molar-refractivity contribution in [3.8, 4) is 0 Å². The average molecular weight is 236 g/mol. The van der Waals surface area contributed by atoms with Crippen molar-refractivity contribution in [3.63, 3.8) is 0 Å². The quantitative estimate of drug-likeness (QED) is 0.778. The lowest BCUT2D eigenvalue weighted by molar-refractivity contribution is 0.0696. The minimum absolute atomic E-state index is 0.00684. The average Bonchev–Trinajstić information content (AvgIpc) is 2.52. The number of nitrogens with zero attached hydrogens (tertiary/aromatic N) is 3. The van der Waals surface area contributed by atoms with Gasteiger partial charge in [0.05, 0.1) is 17.6 Å². The topological polar surface area (TPSA) is 95.4 Å². The molecule has 2 rings (SSSR count). The van der Waals surface area contributed by atoms with Gasteiger partial charge in [-0.15, -0.1) is 0 Å². The summed E-state index contributed by atoms with van der Waals surface area (Å²) < 4.78 is 0. The Hall–Kier alpha value is -2.18. The summed E-state index contributed by atoms with van der Waals surface area (Å²) in [6.07, 6.45) is 2.37. The summed E-state index contributed by atoms with van der Waals surface area (Å²) >= 11 is 0. The van der Waals surface area contributed by atoms with E-state index in [9.17, 15) is 9.59 Å². The van der Waals surface area contributed by atoms with E-state index in [1.165, 1.54) is 17.3 Å². The molecule has 1 aliphatic rings. The summed E-state index contributed by atoms with van der Waals surface area (Å²) in [6, 6.07) is -0.280. The number of carbonyl (C=O) groups excluding carboxylic acids is 1. The highest BCUT2D eigenvalue weighted by Crippen LogP contribution is 2.19. The van der Waals surface area contributed by atoms with Crippen LogP contribution in [0.15, 0.2) is 12.4 Å². The number of aromatic carboxylic acids is 1. The molecule has 1 fully saturated rings. The van der Waals surface area contributed by atoms with Gasteiger partial charge in [0.2, 0.25) is 5.95 Å². The smallest absolute Gasteiger partial charge is 0.338 e. The third kappa shape index (κ3) is 2.17. The van der Waals surface area contributed by atoms with Crippen LogP contribution in [0.5, 0.6) is 0 Å². The van der Waals surface area contributed by atoms with Gasteiger partial charge in [0.25, 0.3) is 0 Å². The molecule has 7 nitrogen and oxygen atoms in total. The van der Waals surface area contributed by atoms with Crippen LogP contribution in [0.1, 0.15) is 24.2 Å². The molecule has 7 heteroatoms. The minimum Gasteiger partial charge on any atom is -0.478 e. The van der Waals surface area contributed by atoms with Gasteiger partial charge in [-0.2, -0.15) is 0 Å². The van der Waals surface area contributed by atoms with Gasteiger partial charge in [-0.3, -0.25) is 4.90 Å². The molecule has 90 valence electrons. The van der Waals surface area contributed by atoms with Crippen molar-refractivity contribution in [1.82, 2.24) is 15.3 Å². The predicted octanol–water partition coefficient (Wildman–Crippen LogP) is 0.483. The SMILES string of the molecule is CC1(C)CN(c2ncc(C(=O)O)cn2)C(=O)N1. The Labute approximate surface area is 97.5 Å². The third-order valence-corrected chi connectivity index (χ3v) is 2.37. The number of rotatable bonds is 2. The first-order valence-electron chi connectivity index (χ1n) is 5.04. The van der Waals surface area contributed by atoms with Gasteiger partial charge in [-0.25, -0.2) is 19.6 Å². The first-order valence-corrected chi connectivity index (χ1v) is 5.04. The van der Waals surface area contributed by atoms with Crippen LogP contribution in [0.2, 0.25) is 0 Å². The van der Waals surface area contributed by atoms with Crippen molar-refractivity contribution in [2.24, 2.45) is 0 Å². The van der Waals surface area contributed by atoms with Crippen LogP contribution in [0.4, 0.5) is 10.7 Å². The van der Waals surface area contributed by atoms with Crippen molar-refractivity contribution in [2.45, 2.75) is 19.4 Å². The monoisotopic (exact) mass is 236 g/mol. The van der Waals surface area contributed by atoms with Crippen LogP contribution < -0.4 is 10.2 Å².